The molecule has 0 radical (unpaired) electrons. The monoisotopic (exact) mass is 283 g/mol. The molecule has 0 spiro atoms. The number of para-hydroxylation sites is 1. The zero-order chi connectivity index (χ0) is 12.3. The van der Waals surface area contributed by atoms with Crippen molar-refractivity contribution in [2.24, 2.45) is 0 Å². The quantitative estimate of drug-likeness (QED) is 0.643. The molecule has 17 heavy (non-hydrogen) atoms. The van der Waals surface area contributed by atoms with Crippen LogP contribution in [0.4, 0.5) is 5.69 Å². The van der Waals surface area contributed by atoms with Crippen LogP contribution in [0, 0.1) is 0 Å². The maximum atomic E-state index is 6.09. The fourth-order valence-corrected chi connectivity index (χ4v) is 2.93. The molecular weight excluding hydrogens is 273 g/mol. The first-order valence-electron chi connectivity index (χ1n) is 5.08. The molecule has 2 aromatic carbocycles. The Hall–Kier alpha value is -0.830. The van der Waals surface area contributed by atoms with Gasteiger partial charge >= 0.3 is 0 Å². The number of halogens is 2. The van der Waals surface area contributed by atoms with Gasteiger partial charge < -0.3 is 5.73 Å². The molecule has 0 aromatic heterocycles. The van der Waals surface area contributed by atoms with Crippen molar-refractivity contribution in [3.05, 3.63) is 58.1 Å². The van der Waals surface area contributed by atoms with Crippen LogP contribution in [-0.2, 0) is 5.75 Å². The van der Waals surface area contributed by atoms with Crippen molar-refractivity contribution in [2.75, 3.05) is 5.73 Å². The topological polar surface area (TPSA) is 26.0 Å². The lowest BCUT2D eigenvalue weighted by molar-refractivity contribution is 1.38. The van der Waals surface area contributed by atoms with Gasteiger partial charge in [-0.2, -0.15) is 0 Å². The fourth-order valence-electron chi connectivity index (χ4n) is 1.41. The van der Waals surface area contributed by atoms with Gasteiger partial charge in [0.25, 0.3) is 0 Å². The lowest BCUT2D eigenvalue weighted by Gasteiger charge is -2.07. The highest BCUT2D eigenvalue weighted by atomic mass is 35.5. The smallest absolute Gasteiger partial charge is 0.0646 e. The zero-order valence-corrected chi connectivity index (χ0v) is 11.3. The van der Waals surface area contributed by atoms with Gasteiger partial charge in [-0.05, 0) is 23.8 Å². The molecule has 0 heterocycles. The minimum atomic E-state index is 0.592. The minimum absolute atomic E-state index is 0.592. The summed E-state index contributed by atoms with van der Waals surface area (Å²) >= 11 is 13.7. The molecule has 2 aromatic rings. The summed E-state index contributed by atoms with van der Waals surface area (Å²) < 4.78 is 0. The van der Waals surface area contributed by atoms with Crippen LogP contribution in [0.25, 0.3) is 0 Å². The van der Waals surface area contributed by atoms with Crippen LogP contribution >= 0.6 is 35.0 Å². The van der Waals surface area contributed by atoms with Gasteiger partial charge in [0.1, 0.15) is 0 Å². The third-order valence-electron chi connectivity index (χ3n) is 2.35. The average Bonchev–Trinajstić information content (AvgIpc) is 2.33. The Morgan fingerprint density at radius 2 is 1.65 bits per heavy atom. The molecule has 0 aliphatic carbocycles. The molecule has 2 N–H and O–H groups in total. The summed E-state index contributed by atoms with van der Waals surface area (Å²) in [6.07, 6.45) is 0. The minimum Gasteiger partial charge on any atom is -0.397 e. The molecule has 1 nitrogen and oxygen atoms in total. The van der Waals surface area contributed by atoms with Gasteiger partial charge in [-0.1, -0.05) is 47.5 Å². The predicted octanol–water partition coefficient (Wildman–Crippen LogP) is 4.87. The maximum absolute atomic E-state index is 6.09. The summed E-state index contributed by atoms with van der Waals surface area (Å²) in [5.74, 6) is 0.782. The van der Waals surface area contributed by atoms with Crippen molar-refractivity contribution >= 4 is 40.7 Å². The average molecular weight is 284 g/mol. The van der Waals surface area contributed by atoms with Gasteiger partial charge in [0.2, 0.25) is 0 Å². The van der Waals surface area contributed by atoms with E-state index >= 15 is 0 Å². The number of thioether (sulfide) groups is 1. The summed E-state index contributed by atoms with van der Waals surface area (Å²) in [6, 6.07) is 13.4. The molecule has 0 amide bonds. The van der Waals surface area contributed by atoms with Crippen LogP contribution in [0.1, 0.15) is 5.56 Å². The second-order valence-corrected chi connectivity index (χ2v) is 5.36. The van der Waals surface area contributed by atoms with E-state index in [0.29, 0.717) is 10.7 Å². The molecule has 4 heteroatoms. The highest BCUT2D eigenvalue weighted by Crippen LogP contribution is 2.33. The Labute approximate surface area is 115 Å². The van der Waals surface area contributed by atoms with Gasteiger partial charge in [-0.25, -0.2) is 0 Å². The first-order chi connectivity index (χ1) is 8.18. The van der Waals surface area contributed by atoms with Crippen molar-refractivity contribution in [1.82, 2.24) is 0 Å². The summed E-state index contributed by atoms with van der Waals surface area (Å²) in [6.45, 7) is 0. The van der Waals surface area contributed by atoms with E-state index in [1.54, 1.807) is 17.8 Å². The number of anilines is 1. The summed E-state index contributed by atoms with van der Waals surface area (Å²) in [5.41, 5.74) is 7.63. The van der Waals surface area contributed by atoms with Crippen molar-refractivity contribution in [2.45, 2.75) is 10.6 Å². The number of nitrogens with two attached hydrogens (primary N) is 1. The largest absolute Gasteiger partial charge is 0.397 e. The van der Waals surface area contributed by atoms with Gasteiger partial charge in [-0.15, -0.1) is 11.8 Å². The van der Waals surface area contributed by atoms with E-state index in [4.69, 9.17) is 28.9 Å². The third-order valence-corrected chi connectivity index (χ3v) is 4.17. The number of hydrogen-bond donors (Lipinski definition) is 1. The third kappa shape index (κ3) is 3.09. The first kappa shape index (κ1) is 12.6. The van der Waals surface area contributed by atoms with Gasteiger partial charge in [0.15, 0.2) is 0 Å². The SMILES string of the molecule is Nc1c(Cl)cccc1SCc1ccccc1Cl. The van der Waals surface area contributed by atoms with Crippen molar-refractivity contribution in [3.63, 3.8) is 0 Å². The lowest BCUT2D eigenvalue weighted by Crippen LogP contribution is -1.90. The normalized spacial score (nSPS) is 10.5. The summed E-state index contributed by atoms with van der Waals surface area (Å²) in [7, 11) is 0. The predicted molar refractivity (Wildman–Crippen MR) is 76.9 cm³/mol. The highest BCUT2D eigenvalue weighted by Gasteiger charge is 2.05. The van der Waals surface area contributed by atoms with E-state index < -0.39 is 0 Å². The van der Waals surface area contributed by atoms with Crippen LogP contribution in [0.15, 0.2) is 47.4 Å². The molecule has 2 rings (SSSR count). The molecule has 0 saturated heterocycles. The van der Waals surface area contributed by atoms with E-state index in [9.17, 15) is 0 Å². The maximum Gasteiger partial charge on any atom is 0.0646 e. The van der Waals surface area contributed by atoms with Crippen molar-refractivity contribution in [3.8, 4) is 0 Å². The number of nitrogen functional groups attached to an aromatic ring is 1. The molecule has 0 saturated carbocycles. The van der Waals surface area contributed by atoms with Gasteiger partial charge in [0.05, 0.1) is 10.7 Å². The summed E-state index contributed by atoms with van der Waals surface area (Å²) in [5, 5.41) is 1.37. The second kappa shape index (κ2) is 5.67. The molecule has 0 unspecified atom stereocenters. The van der Waals surface area contributed by atoms with E-state index in [0.717, 1.165) is 21.2 Å². The zero-order valence-electron chi connectivity index (χ0n) is 8.99. The van der Waals surface area contributed by atoms with Crippen LogP contribution in [0.5, 0.6) is 0 Å². The Balaban J connectivity index is 2.13. The van der Waals surface area contributed by atoms with Gasteiger partial charge in [-0.3, -0.25) is 0 Å². The van der Waals surface area contributed by atoms with Gasteiger partial charge in [0, 0.05) is 15.7 Å². The number of hydrogen-bond acceptors (Lipinski definition) is 2. The number of rotatable bonds is 3. The van der Waals surface area contributed by atoms with Crippen molar-refractivity contribution < 1.29 is 0 Å². The van der Waals surface area contributed by atoms with E-state index in [1.807, 2.05) is 36.4 Å². The fraction of sp³-hybridized carbons (Fsp3) is 0.0769. The van der Waals surface area contributed by atoms with Crippen LogP contribution in [-0.4, -0.2) is 0 Å². The van der Waals surface area contributed by atoms with Crippen LogP contribution in [0.3, 0.4) is 0 Å². The molecule has 0 bridgehead atoms. The molecule has 0 aliphatic heterocycles. The molecule has 0 aliphatic rings. The number of benzene rings is 2. The van der Waals surface area contributed by atoms with E-state index in [2.05, 4.69) is 0 Å². The second-order valence-electron chi connectivity index (χ2n) is 3.53. The Morgan fingerprint density at radius 3 is 2.41 bits per heavy atom. The standard InChI is InChI=1S/C13H11Cl2NS/c14-10-5-2-1-4-9(10)8-17-12-7-3-6-11(15)13(12)16/h1-7H,8,16H2. The first-order valence-corrected chi connectivity index (χ1v) is 6.83. The Morgan fingerprint density at radius 1 is 0.941 bits per heavy atom. The van der Waals surface area contributed by atoms with Crippen LogP contribution in [0.2, 0.25) is 10.0 Å². The lowest BCUT2D eigenvalue weighted by atomic mass is 10.2. The molecule has 0 fully saturated rings. The van der Waals surface area contributed by atoms with E-state index in [-0.39, 0.29) is 0 Å². The van der Waals surface area contributed by atoms with E-state index in [1.165, 1.54) is 0 Å². The molecular formula is C13H11Cl2NS. The molecule has 0 atom stereocenters. The summed E-state index contributed by atoms with van der Waals surface area (Å²) in [4.78, 5) is 0.984. The Bertz CT molecular complexity index is 529. The molecule has 88 valence electrons. The highest BCUT2D eigenvalue weighted by molar-refractivity contribution is 7.98. The van der Waals surface area contributed by atoms with Crippen molar-refractivity contribution in [1.29, 1.82) is 0 Å². The van der Waals surface area contributed by atoms with Crippen LogP contribution < -0.4 is 5.73 Å². The Kier molecular flexibility index (Phi) is 4.21.